The van der Waals surface area contributed by atoms with Crippen molar-refractivity contribution in [2.45, 2.75) is 13.3 Å². The fourth-order valence-corrected chi connectivity index (χ4v) is 2.42. The zero-order chi connectivity index (χ0) is 12.3. The van der Waals surface area contributed by atoms with Gasteiger partial charge >= 0.3 is 10.2 Å². The number of likely N-dealkylation sites (N-methyl/N-ethyl adjacent to an activating group) is 1. The Bertz CT molecular complexity index is 440. The van der Waals surface area contributed by atoms with Gasteiger partial charge in [-0.25, -0.2) is 4.31 Å². The average molecular weight is 246 g/mol. The van der Waals surface area contributed by atoms with Crippen LogP contribution in [0.1, 0.15) is 13.3 Å². The molecule has 1 rings (SSSR count). The van der Waals surface area contributed by atoms with Gasteiger partial charge in [0.25, 0.3) is 5.91 Å². The Morgan fingerprint density at radius 3 is 2.75 bits per heavy atom. The van der Waals surface area contributed by atoms with Crippen molar-refractivity contribution in [1.82, 2.24) is 14.3 Å². The Balaban J connectivity index is 3.09. The summed E-state index contributed by atoms with van der Waals surface area (Å²) >= 11 is 0. The van der Waals surface area contributed by atoms with Crippen molar-refractivity contribution in [3.05, 3.63) is 11.8 Å². The van der Waals surface area contributed by atoms with Gasteiger partial charge in [-0.15, -0.1) is 0 Å². The molecular weight excluding hydrogens is 232 g/mol. The molecular formula is C8H14N4O3S. The molecule has 0 spiro atoms. The summed E-state index contributed by atoms with van der Waals surface area (Å²) < 4.78 is 26.1. The number of amides is 1. The summed E-state index contributed by atoms with van der Waals surface area (Å²) in [6, 6.07) is 0. The van der Waals surface area contributed by atoms with Crippen LogP contribution in [-0.2, 0) is 15.0 Å². The number of hydrogen-bond donors (Lipinski definition) is 3. The van der Waals surface area contributed by atoms with Gasteiger partial charge in [-0.1, -0.05) is 6.92 Å². The minimum Gasteiger partial charge on any atom is -0.355 e. The molecule has 8 heteroatoms. The van der Waals surface area contributed by atoms with Gasteiger partial charge in [0.05, 0.1) is 5.57 Å². The first-order valence-corrected chi connectivity index (χ1v) is 6.19. The van der Waals surface area contributed by atoms with E-state index < -0.39 is 16.1 Å². The second-order valence-electron chi connectivity index (χ2n) is 3.18. The molecule has 1 heterocycles. The van der Waals surface area contributed by atoms with Crippen LogP contribution in [0.3, 0.4) is 0 Å². The Kier molecular flexibility index (Phi) is 3.53. The molecule has 1 aliphatic rings. The van der Waals surface area contributed by atoms with Crippen LogP contribution in [0.15, 0.2) is 11.8 Å². The van der Waals surface area contributed by atoms with Crippen LogP contribution in [-0.4, -0.2) is 38.1 Å². The lowest BCUT2D eigenvalue weighted by atomic mass is 10.2. The standard InChI is InChI=1S/C8H14N4O3S/c1-3-4-12-7(9)6(8(13)10-2)5-11-16(12,14)15/h5,9,11H,3-4H2,1-2H3,(H,10,13). The third-order valence-electron chi connectivity index (χ3n) is 2.05. The topological polar surface area (TPSA) is 102 Å². The van der Waals surface area contributed by atoms with E-state index in [1.54, 1.807) is 6.92 Å². The molecule has 0 fully saturated rings. The molecule has 0 atom stereocenters. The fourth-order valence-electron chi connectivity index (χ4n) is 1.26. The predicted molar refractivity (Wildman–Crippen MR) is 58.9 cm³/mol. The molecule has 0 aromatic heterocycles. The minimum absolute atomic E-state index is 0.00535. The largest absolute Gasteiger partial charge is 0.355 e. The number of rotatable bonds is 3. The zero-order valence-corrected chi connectivity index (χ0v) is 9.89. The van der Waals surface area contributed by atoms with Crippen LogP contribution in [0.25, 0.3) is 0 Å². The van der Waals surface area contributed by atoms with E-state index in [1.165, 1.54) is 7.05 Å². The van der Waals surface area contributed by atoms with Crippen LogP contribution < -0.4 is 10.0 Å². The van der Waals surface area contributed by atoms with Crippen molar-refractivity contribution in [3.63, 3.8) is 0 Å². The number of carbonyl (C=O) groups excluding carboxylic acids is 1. The van der Waals surface area contributed by atoms with E-state index in [0.717, 1.165) is 10.5 Å². The van der Waals surface area contributed by atoms with Gasteiger partial charge in [0.2, 0.25) is 0 Å². The molecule has 16 heavy (non-hydrogen) atoms. The van der Waals surface area contributed by atoms with Gasteiger partial charge in [-0.2, -0.15) is 8.42 Å². The molecule has 0 unspecified atom stereocenters. The minimum atomic E-state index is -3.71. The van der Waals surface area contributed by atoms with Crippen LogP contribution in [0.5, 0.6) is 0 Å². The molecule has 1 aliphatic heterocycles. The van der Waals surface area contributed by atoms with Crippen molar-refractivity contribution in [2.75, 3.05) is 13.6 Å². The Morgan fingerprint density at radius 1 is 1.62 bits per heavy atom. The molecule has 0 aromatic carbocycles. The summed E-state index contributed by atoms with van der Waals surface area (Å²) in [5.74, 6) is -0.798. The molecule has 0 radical (unpaired) electrons. The van der Waals surface area contributed by atoms with Crippen molar-refractivity contribution in [3.8, 4) is 0 Å². The van der Waals surface area contributed by atoms with Crippen molar-refractivity contribution in [2.24, 2.45) is 0 Å². The van der Waals surface area contributed by atoms with Gasteiger partial charge < -0.3 is 5.32 Å². The molecule has 0 saturated carbocycles. The van der Waals surface area contributed by atoms with E-state index in [2.05, 4.69) is 10.0 Å². The van der Waals surface area contributed by atoms with Gasteiger partial charge in [0.1, 0.15) is 5.84 Å². The summed E-state index contributed by atoms with van der Waals surface area (Å²) in [6.07, 6.45) is 1.59. The maximum Gasteiger partial charge on any atom is 0.324 e. The second-order valence-corrected chi connectivity index (χ2v) is 4.81. The summed E-state index contributed by atoms with van der Waals surface area (Å²) in [7, 11) is -2.29. The third-order valence-corrected chi connectivity index (χ3v) is 3.41. The number of carbonyl (C=O) groups is 1. The van der Waals surface area contributed by atoms with E-state index in [9.17, 15) is 13.2 Å². The number of hydrogen-bond acceptors (Lipinski definition) is 4. The summed E-state index contributed by atoms with van der Waals surface area (Å²) in [5.41, 5.74) is 0.00535. The molecule has 90 valence electrons. The first-order valence-electron chi connectivity index (χ1n) is 4.75. The molecule has 0 aromatic rings. The van der Waals surface area contributed by atoms with Crippen LogP contribution in [0, 0.1) is 5.41 Å². The average Bonchev–Trinajstić information content (AvgIpc) is 2.23. The molecule has 7 nitrogen and oxygen atoms in total. The highest BCUT2D eigenvalue weighted by atomic mass is 32.2. The lowest BCUT2D eigenvalue weighted by Crippen LogP contribution is -2.49. The highest BCUT2D eigenvalue weighted by Crippen LogP contribution is 2.13. The highest BCUT2D eigenvalue weighted by molar-refractivity contribution is 7.87. The quantitative estimate of drug-likeness (QED) is 0.604. The van der Waals surface area contributed by atoms with Gasteiger partial charge in [0.15, 0.2) is 0 Å². The van der Waals surface area contributed by atoms with Crippen LogP contribution in [0.2, 0.25) is 0 Å². The predicted octanol–water partition coefficient (Wildman–Crippen LogP) is -0.846. The van der Waals surface area contributed by atoms with Crippen LogP contribution >= 0.6 is 0 Å². The summed E-state index contributed by atoms with van der Waals surface area (Å²) in [5, 5.41) is 10.0. The van der Waals surface area contributed by atoms with Crippen molar-refractivity contribution >= 4 is 22.0 Å². The molecule has 0 aliphatic carbocycles. The first-order chi connectivity index (χ1) is 7.44. The summed E-state index contributed by atoms with van der Waals surface area (Å²) in [4.78, 5) is 11.4. The Morgan fingerprint density at radius 2 is 2.25 bits per heavy atom. The van der Waals surface area contributed by atoms with Crippen molar-refractivity contribution in [1.29, 1.82) is 5.41 Å². The highest BCUT2D eigenvalue weighted by Gasteiger charge is 2.32. The SMILES string of the molecule is CCCN1C(=N)C(C(=O)NC)=CNS1(=O)=O. The molecule has 0 bridgehead atoms. The smallest absolute Gasteiger partial charge is 0.324 e. The molecule has 1 amide bonds. The molecule has 0 saturated heterocycles. The Hall–Kier alpha value is -1.57. The van der Waals surface area contributed by atoms with Gasteiger partial charge in [-0.05, 0) is 6.42 Å². The first kappa shape index (κ1) is 12.5. The third kappa shape index (κ3) is 2.16. The molecule has 3 N–H and O–H groups in total. The van der Waals surface area contributed by atoms with E-state index in [1.807, 2.05) is 0 Å². The maximum absolute atomic E-state index is 11.5. The Labute approximate surface area is 94.2 Å². The maximum atomic E-state index is 11.5. The van der Waals surface area contributed by atoms with E-state index in [4.69, 9.17) is 5.41 Å². The zero-order valence-electron chi connectivity index (χ0n) is 9.07. The van der Waals surface area contributed by atoms with Crippen molar-refractivity contribution < 1.29 is 13.2 Å². The van der Waals surface area contributed by atoms with E-state index in [-0.39, 0.29) is 18.0 Å². The van der Waals surface area contributed by atoms with Crippen LogP contribution in [0.4, 0.5) is 0 Å². The van der Waals surface area contributed by atoms with E-state index in [0.29, 0.717) is 6.42 Å². The fraction of sp³-hybridized carbons (Fsp3) is 0.500. The number of nitrogens with zero attached hydrogens (tertiary/aromatic N) is 1. The van der Waals surface area contributed by atoms with Gasteiger partial charge in [-0.3, -0.25) is 14.9 Å². The lowest BCUT2D eigenvalue weighted by molar-refractivity contribution is -0.116. The monoisotopic (exact) mass is 246 g/mol. The lowest BCUT2D eigenvalue weighted by Gasteiger charge is -2.28. The number of nitrogens with one attached hydrogen (secondary N) is 3. The second kappa shape index (κ2) is 4.52. The van der Waals surface area contributed by atoms with Gasteiger partial charge in [0, 0.05) is 19.8 Å². The number of amidine groups is 1. The summed E-state index contributed by atoms with van der Waals surface area (Å²) in [6.45, 7) is 1.96. The normalized spacial score (nSPS) is 18.8. The van der Waals surface area contributed by atoms with E-state index >= 15 is 0 Å².